The molecule has 1 N–H and O–H groups in total. The van der Waals surface area contributed by atoms with Crippen molar-refractivity contribution >= 4 is 11.6 Å². The zero-order valence-electron chi connectivity index (χ0n) is 23.0. The fourth-order valence-electron chi connectivity index (χ4n) is 4.80. The monoisotopic (exact) mass is 663 g/mol. The molecular formula is C28H19ClF7N10+. The maximum Gasteiger partial charge on any atom is 0.433 e. The number of alkyl halides is 6. The number of hydrogen-bond acceptors (Lipinski definition) is 6. The largest absolute Gasteiger partial charge is 0.433 e. The van der Waals surface area contributed by atoms with E-state index < -0.39 is 36.5 Å². The van der Waals surface area contributed by atoms with E-state index in [1.165, 1.54) is 58.7 Å². The van der Waals surface area contributed by atoms with Crippen LogP contribution in [0.4, 0.5) is 30.7 Å². The Balaban J connectivity index is 1.38. The van der Waals surface area contributed by atoms with Gasteiger partial charge in [0.15, 0.2) is 11.0 Å². The van der Waals surface area contributed by atoms with E-state index in [1.54, 1.807) is 18.2 Å². The highest BCUT2D eigenvalue weighted by atomic mass is 35.5. The number of halogens is 8. The number of hydrogen-bond donors (Lipinski definition) is 1. The highest BCUT2D eigenvalue weighted by Gasteiger charge is 2.33. The number of aromatic amines is 1. The van der Waals surface area contributed by atoms with Gasteiger partial charge in [0.05, 0.1) is 34.2 Å². The second kappa shape index (κ2) is 12.0. The highest BCUT2D eigenvalue weighted by Crippen LogP contribution is 2.34. The average Bonchev–Trinajstić information content (AvgIpc) is 3.79. The van der Waals surface area contributed by atoms with Gasteiger partial charge in [-0.15, -0.1) is 4.68 Å². The lowest BCUT2D eigenvalue weighted by Crippen LogP contribution is -2.33. The van der Waals surface area contributed by atoms with Crippen molar-refractivity contribution in [2.75, 3.05) is 0 Å². The number of pyridine rings is 2. The Morgan fingerprint density at radius 2 is 1.76 bits per heavy atom. The summed E-state index contributed by atoms with van der Waals surface area (Å²) in [4.78, 5) is 7.90. The van der Waals surface area contributed by atoms with Crippen molar-refractivity contribution in [3.63, 3.8) is 0 Å². The first-order chi connectivity index (χ1) is 21.9. The number of benzene rings is 1. The van der Waals surface area contributed by atoms with Gasteiger partial charge in [0.25, 0.3) is 6.33 Å². The van der Waals surface area contributed by atoms with E-state index in [0.717, 1.165) is 16.9 Å². The van der Waals surface area contributed by atoms with Crippen LogP contribution >= 0.6 is 11.6 Å². The quantitative estimate of drug-likeness (QED) is 0.163. The first-order valence-corrected chi connectivity index (χ1v) is 13.6. The number of rotatable bonds is 8. The number of nitrogens with zero attached hydrogens (tertiary/aromatic N) is 9. The highest BCUT2D eigenvalue weighted by molar-refractivity contribution is 6.31. The van der Waals surface area contributed by atoms with Crippen LogP contribution in [0.3, 0.4) is 0 Å². The molecule has 5 heterocycles. The third-order valence-corrected chi connectivity index (χ3v) is 7.16. The lowest BCUT2D eigenvalue weighted by Gasteiger charge is -2.17. The lowest BCUT2D eigenvalue weighted by molar-refractivity contribution is -0.659. The van der Waals surface area contributed by atoms with E-state index in [1.807, 2.05) is 0 Å². The Hall–Kier alpha value is -5.19. The van der Waals surface area contributed by atoms with Gasteiger partial charge < -0.3 is 0 Å². The molecule has 0 fully saturated rings. The number of aromatic nitrogens is 10. The molecule has 0 radical (unpaired) electrons. The van der Waals surface area contributed by atoms with E-state index in [0.29, 0.717) is 22.5 Å². The van der Waals surface area contributed by atoms with Gasteiger partial charge in [-0.2, -0.15) is 36.5 Å². The second-order valence-corrected chi connectivity index (χ2v) is 10.4. The molecule has 18 heteroatoms. The van der Waals surface area contributed by atoms with Gasteiger partial charge in [-0.3, -0.25) is 19.3 Å². The minimum Gasteiger partial charge on any atom is -0.263 e. The van der Waals surface area contributed by atoms with Gasteiger partial charge in [-0.25, -0.2) is 4.39 Å². The molecule has 6 aromatic rings. The van der Waals surface area contributed by atoms with Crippen LogP contribution in [-0.4, -0.2) is 51.2 Å². The molecule has 10 nitrogen and oxygen atoms in total. The SMILES string of the molecule is Fc1c(Cl)ccc(-[n+]2cnn[nH]2)c1-c1ccc([C@@H](Cc2ccn(CC(F)(F)F)n2)n2cc(-c3ccnc(C(F)(F)F)c3)cn2)nc1. The summed E-state index contributed by atoms with van der Waals surface area (Å²) >= 11 is 6.08. The van der Waals surface area contributed by atoms with Crippen molar-refractivity contribution in [2.24, 2.45) is 0 Å². The molecule has 0 bridgehead atoms. The van der Waals surface area contributed by atoms with Crippen molar-refractivity contribution in [2.45, 2.75) is 31.4 Å². The van der Waals surface area contributed by atoms with Crippen molar-refractivity contribution in [3.05, 3.63) is 108 Å². The molecule has 0 aliphatic heterocycles. The zero-order chi connectivity index (χ0) is 32.6. The molecule has 0 aliphatic carbocycles. The standard InChI is InChI=1S/C28H18ClF7N10/c29-20-2-4-22(46-15-39-42-43-46)25(26(20)30)17-1-3-21(38-11-17)23(10-19-6-8-44(41-19)14-27(31,32)33)45-13-18(12-40-45)16-5-7-37-24(9-16)28(34,35)36/h1-9,11-13,15,23H,10,14H2/p+1/t23-/m1/s1. The molecule has 46 heavy (non-hydrogen) atoms. The maximum atomic E-state index is 15.3. The van der Waals surface area contributed by atoms with Crippen LogP contribution in [0, 0.1) is 5.82 Å². The van der Waals surface area contributed by atoms with E-state index in [2.05, 4.69) is 35.7 Å². The maximum absolute atomic E-state index is 15.3. The third kappa shape index (κ3) is 6.58. The molecule has 5 aromatic heterocycles. The van der Waals surface area contributed by atoms with E-state index >= 15 is 4.39 Å². The van der Waals surface area contributed by atoms with Crippen molar-refractivity contribution in [1.82, 2.24) is 45.1 Å². The summed E-state index contributed by atoms with van der Waals surface area (Å²) in [5.41, 5.74) is 0.809. The predicted octanol–water partition coefficient (Wildman–Crippen LogP) is 5.80. The molecule has 0 saturated heterocycles. The minimum absolute atomic E-state index is 0.00884. The van der Waals surface area contributed by atoms with E-state index in [9.17, 15) is 26.3 Å². The number of nitrogens with one attached hydrogen (secondary N) is 1. The van der Waals surface area contributed by atoms with Crippen LogP contribution in [0.15, 0.2) is 79.8 Å². The van der Waals surface area contributed by atoms with Crippen LogP contribution < -0.4 is 4.68 Å². The van der Waals surface area contributed by atoms with Gasteiger partial charge in [-0.05, 0) is 42.0 Å². The van der Waals surface area contributed by atoms with Crippen molar-refractivity contribution in [1.29, 1.82) is 0 Å². The van der Waals surface area contributed by atoms with Crippen LogP contribution in [-0.2, 0) is 19.1 Å². The lowest BCUT2D eigenvalue weighted by atomic mass is 10.0. The van der Waals surface area contributed by atoms with Crippen LogP contribution in [0.25, 0.3) is 27.9 Å². The molecule has 0 saturated carbocycles. The molecule has 0 amide bonds. The molecule has 0 unspecified atom stereocenters. The van der Waals surface area contributed by atoms with Gasteiger partial charge in [0, 0.05) is 42.3 Å². The molecule has 0 spiro atoms. The summed E-state index contributed by atoms with van der Waals surface area (Å²) in [5, 5.41) is 18.2. The van der Waals surface area contributed by atoms with Crippen LogP contribution in [0.2, 0.25) is 5.02 Å². The topological polar surface area (TPSA) is 107 Å². The predicted molar refractivity (Wildman–Crippen MR) is 147 cm³/mol. The second-order valence-electron chi connectivity index (χ2n) is 10.0. The fourth-order valence-corrected chi connectivity index (χ4v) is 4.96. The number of tetrazole rings is 1. The summed E-state index contributed by atoms with van der Waals surface area (Å²) in [6, 6.07) is 8.98. The molecule has 1 atom stereocenters. The Bertz CT molecular complexity index is 1970. The van der Waals surface area contributed by atoms with Crippen LogP contribution in [0.1, 0.15) is 23.1 Å². The summed E-state index contributed by atoms with van der Waals surface area (Å²) in [6.07, 6.45) is -1.38. The third-order valence-electron chi connectivity index (χ3n) is 6.87. The first kappa shape index (κ1) is 30.8. The van der Waals surface area contributed by atoms with Gasteiger partial charge in [-0.1, -0.05) is 22.9 Å². The first-order valence-electron chi connectivity index (χ1n) is 13.2. The minimum atomic E-state index is -4.66. The Kier molecular flexibility index (Phi) is 8.01. The Labute approximate surface area is 259 Å². The molecular weight excluding hydrogens is 645 g/mol. The van der Waals surface area contributed by atoms with Gasteiger partial charge >= 0.3 is 12.4 Å². The number of H-pyrrole nitrogens is 1. The summed E-state index contributed by atoms with van der Waals surface area (Å²) < 4.78 is 97.6. The van der Waals surface area contributed by atoms with E-state index in [4.69, 9.17) is 11.6 Å². The average molecular weight is 664 g/mol. The molecule has 236 valence electrons. The van der Waals surface area contributed by atoms with E-state index in [-0.39, 0.29) is 28.3 Å². The van der Waals surface area contributed by atoms with Crippen LogP contribution in [0.5, 0.6) is 0 Å². The Morgan fingerprint density at radius 3 is 2.46 bits per heavy atom. The fraction of sp³-hybridized carbons (Fsp3) is 0.179. The Morgan fingerprint density at radius 1 is 0.935 bits per heavy atom. The smallest absolute Gasteiger partial charge is 0.263 e. The summed E-state index contributed by atoms with van der Waals surface area (Å²) in [7, 11) is 0. The normalized spacial score (nSPS) is 12.9. The zero-order valence-corrected chi connectivity index (χ0v) is 23.8. The molecule has 6 rings (SSSR count). The summed E-state index contributed by atoms with van der Waals surface area (Å²) in [6.45, 7) is -1.29. The molecule has 1 aromatic carbocycles. The summed E-state index contributed by atoms with van der Waals surface area (Å²) in [5.74, 6) is -0.727. The molecule has 0 aliphatic rings. The van der Waals surface area contributed by atoms with Crippen molar-refractivity contribution < 1.29 is 35.4 Å². The van der Waals surface area contributed by atoms with Crippen molar-refractivity contribution in [3.8, 4) is 27.9 Å². The van der Waals surface area contributed by atoms with Gasteiger partial charge in [0.2, 0.25) is 0 Å². The van der Waals surface area contributed by atoms with Gasteiger partial charge in [0.1, 0.15) is 23.0 Å².